The normalized spacial score (nSPS) is 15.1. The van der Waals surface area contributed by atoms with Crippen molar-refractivity contribution in [3.8, 4) is 16.9 Å². The van der Waals surface area contributed by atoms with Crippen molar-refractivity contribution in [2.24, 2.45) is 0 Å². The van der Waals surface area contributed by atoms with E-state index in [0.29, 0.717) is 17.7 Å². The van der Waals surface area contributed by atoms with Crippen molar-refractivity contribution < 1.29 is 31.5 Å². The maximum absolute atomic E-state index is 12.9. The summed E-state index contributed by atoms with van der Waals surface area (Å²) in [4.78, 5) is 17.0. The Bertz CT molecular complexity index is 1480. The number of amides is 1. The summed E-state index contributed by atoms with van der Waals surface area (Å²) in [7, 11) is -1.75. The molecule has 1 saturated heterocycles. The number of halogens is 4. The maximum Gasteiger partial charge on any atom is 0.416 e. The molecule has 0 bridgehead atoms. The van der Waals surface area contributed by atoms with Crippen LogP contribution in [0.2, 0.25) is 5.02 Å². The SMILES string of the molecule is CN1CCN(CCS(=O)(=O)Nc2cc(NC(=O)c3ccc(-c4ccc(C(F)(F)F)cc4Cl)cc3)ccc2O)CC1. The highest BCUT2D eigenvalue weighted by Crippen LogP contribution is 2.36. The summed E-state index contributed by atoms with van der Waals surface area (Å²) < 4.78 is 66.4. The van der Waals surface area contributed by atoms with E-state index in [2.05, 4.69) is 19.8 Å². The molecule has 3 N–H and O–H groups in total. The van der Waals surface area contributed by atoms with E-state index in [-0.39, 0.29) is 33.5 Å². The lowest BCUT2D eigenvalue weighted by Gasteiger charge is -2.32. The second kappa shape index (κ2) is 12.0. The van der Waals surface area contributed by atoms with E-state index in [9.17, 15) is 31.5 Å². The van der Waals surface area contributed by atoms with Gasteiger partial charge in [0.15, 0.2) is 0 Å². The molecule has 214 valence electrons. The van der Waals surface area contributed by atoms with Gasteiger partial charge in [0.25, 0.3) is 5.91 Å². The molecule has 13 heteroatoms. The summed E-state index contributed by atoms with van der Waals surface area (Å²) in [6.45, 7) is 3.63. The van der Waals surface area contributed by atoms with Crippen LogP contribution in [0.15, 0.2) is 60.7 Å². The molecule has 1 amide bonds. The minimum atomic E-state index is -4.51. The molecule has 0 spiro atoms. The molecular weight excluding hydrogens is 569 g/mol. The molecule has 0 atom stereocenters. The number of sulfonamides is 1. The third kappa shape index (κ3) is 7.66. The fraction of sp³-hybridized carbons (Fsp3) is 0.296. The van der Waals surface area contributed by atoms with Crippen molar-refractivity contribution in [2.45, 2.75) is 6.18 Å². The fourth-order valence-electron chi connectivity index (χ4n) is 4.16. The number of hydrogen-bond acceptors (Lipinski definition) is 6. The van der Waals surface area contributed by atoms with Gasteiger partial charge in [-0.2, -0.15) is 13.2 Å². The number of anilines is 2. The fourth-order valence-corrected chi connectivity index (χ4v) is 5.55. The van der Waals surface area contributed by atoms with Gasteiger partial charge >= 0.3 is 6.18 Å². The van der Waals surface area contributed by atoms with Gasteiger partial charge in [0.2, 0.25) is 10.0 Å². The van der Waals surface area contributed by atoms with Gasteiger partial charge in [-0.1, -0.05) is 29.8 Å². The topological polar surface area (TPSA) is 102 Å². The zero-order valence-electron chi connectivity index (χ0n) is 21.5. The van der Waals surface area contributed by atoms with Crippen LogP contribution >= 0.6 is 11.6 Å². The lowest BCUT2D eigenvalue weighted by molar-refractivity contribution is -0.137. The number of phenols is 1. The highest BCUT2D eigenvalue weighted by Gasteiger charge is 2.31. The minimum absolute atomic E-state index is 0.0662. The second-order valence-corrected chi connectivity index (χ2v) is 11.8. The minimum Gasteiger partial charge on any atom is -0.506 e. The lowest BCUT2D eigenvalue weighted by Crippen LogP contribution is -2.46. The lowest BCUT2D eigenvalue weighted by atomic mass is 10.0. The van der Waals surface area contributed by atoms with E-state index < -0.39 is 27.7 Å². The number of piperazine rings is 1. The Hall–Kier alpha value is -3.32. The monoisotopic (exact) mass is 596 g/mol. The third-order valence-corrected chi connectivity index (χ3v) is 8.11. The number of hydrogen-bond donors (Lipinski definition) is 3. The first-order valence-corrected chi connectivity index (χ1v) is 14.4. The van der Waals surface area contributed by atoms with Crippen molar-refractivity contribution in [3.63, 3.8) is 0 Å². The standard InChI is InChI=1S/C27H28ClF3N4O4S/c1-34-10-12-35(13-11-34)14-15-40(38,39)33-24-17-21(7-9-25(24)36)32-26(37)19-4-2-18(3-5-19)22-8-6-20(16-23(22)28)27(29,30)31/h2-9,16-17,33,36H,10-15H2,1H3,(H,32,37). The number of phenolic OH excluding ortho intramolecular Hbond substituents is 1. The molecule has 0 unspecified atom stereocenters. The number of alkyl halides is 3. The van der Waals surface area contributed by atoms with Gasteiger partial charge in [0, 0.05) is 54.6 Å². The summed E-state index contributed by atoms with van der Waals surface area (Å²) >= 11 is 6.06. The van der Waals surface area contributed by atoms with Crippen molar-refractivity contribution in [3.05, 3.63) is 76.8 Å². The summed E-state index contributed by atoms with van der Waals surface area (Å²) in [6, 6.07) is 13.1. The summed E-state index contributed by atoms with van der Waals surface area (Å²) in [5.74, 6) is -0.958. The van der Waals surface area contributed by atoms with Crippen molar-refractivity contribution >= 4 is 38.9 Å². The molecule has 1 aliphatic heterocycles. The molecule has 3 aromatic carbocycles. The Morgan fingerprint density at radius 1 is 1.00 bits per heavy atom. The van der Waals surface area contributed by atoms with E-state index >= 15 is 0 Å². The molecule has 0 radical (unpaired) electrons. The predicted molar refractivity (Wildman–Crippen MR) is 149 cm³/mol. The van der Waals surface area contributed by atoms with Crippen LogP contribution in [0.3, 0.4) is 0 Å². The zero-order chi connectivity index (χ0) is 29.1. The average Bonchev–Trinajstić information content (AvgIpc) is 2.90. The van der Waals surface area contributed by atoms with Gasteiger partial charge in [0.1, 0.15) is 5.75 Å². The van der Waals surface area contributed by atoms with Crippen LogP contribution in [0.4, 0.5) is 24.5 Å². The first-order valence-electron chi connectivity index (χ1n) is 12.3. The Morgan fingerprint density at radius 2 is 1.68 bits per heavy atom. The Labute approximate surface area is 235 Å². The largest absolute Gasteiger partial charge is 0.506 e. The van der Waals surface area contributed by atoms with Crippen molar-refractivity contribution in [2.75, 3.05) is 55.6 Å². The van der Waals surface area contributed by atoms with Crippen LogP contribution in [0.25, 0.3) is 11.1 Å². The number of nitrogens with zero attached hydrogens (tertiary/aromatic N) is 2. The van der Waals surface area contributed by atoms with E-state index in [1.165, 1.54) is 36.4 Å². The van der Waals surface area contributed by atoms with Gasteiger partial charge < -0.3 is 15.3 Å². The van der Waals surface area contributed by atoms with Crippen LogP contribution in [-0.2, 0) is 16.2 Å². The smallest absolute Gasteiger partial charge is 0.416 e. The summed E-state index contributed by atoms with van der Waals surface area (Å²) in [5, 5.41) is 12.8. The van der Waals surface area contributed by atoms with Crippen LogP contribution in [0, 0.1) is 0 Å². The molecule has 8 nitrogen and oxygen atoms in total. The summed E-state index contributed by atoms with van der Waals surface area (Å²) in [5.41, 5.74) is 0.466. The van der Waals surface area contributed by atoms with Crippen molar-refractivity contribution in [1.82, 2.24) is 9.80 Å². The average molecular weight is 597 g/mol. The molecular formula is C27H28ClF3N4O4S. The van der Waals surface area contributed by atoms with Gasteiger partial charge in [-0.15, -0.1) is 0 Å². The van der Waals surface area contributed by atoms with Gasteiger partial charge in [-0.25, -0.2) is 8.42 Å². The number of likely N-dealkylation sites (N-methyl/N-ethyl adjacent to an activating group) is 1. The molecule has 0 aliphatic carbocycles. The number of carbonyl (C=O) groups is 1. The Morgan fingerprint density at radius 3 is 2.30 bits per heavy atom. The van der Waals surface area contributed by atoms with E-state index in [1.807, 2.05) is 7.05 Å². The molecule has 1 aliphatic rings. The van der Waals surface area contributed by atoms with Crippen LogP contribution in [0.5, 0.6) is 5.75 Å². The summed E-state index contributed by atoms with van der Waals surface area (Å²) in [6.07, 6.45) is -4.51. The van der Waals surface area contributed by atoms with Gasteiger partial charge in [0.05, 0.1) is 17.0 Å². The number of nitrogens with one attached hydrogen (secondary N) is 2. The quantitative estimate of drug-likeness (QED) is 0.251. The number of rotatable bonds is 8. The Balaban J connectivity index is 1.40. The Kier molecular flexibility index (Phi) is 8.93. The van der Waals surface area contributed by atoms with E-state index in [4.69, 9.17) is 11.6 Å². The molecule has 0 saturated carbocycles. The highest BCUT2D eigenvalue weighted by atomic mass is 35.5. The zero-order valence-corrected chi connectivity index (χ0v) is 23.1. The molecule has 1 heterocycles. The highest BCUT2D eigenvalue weighted by molar-refractivity contribution is 7.92. The van der Waals surface area contributed by atoms with Crippen molar-refractivity contribution in [1.29, 1.82) is 0 Å². The van der Waals surface area contributed by atoms with E-state index in [1.54, 1.807) is 12.1 Å². The first kappa shape index (κ1) is 29.7. The third-order valence-electron chi connectivity index (χ3n) is 6.55. The molecule has 40 heavy (non-hydrogen) atoms. The predicted octanol–water partition coefficient (Wildman–Crippen LogP) is 4.97. The molecule has 1 fully saturated rings. The maximum atomic E-state index is 12.9. The second-order valence-electron chi connectivity index (χ2n) is 9.52. The van der Waals surface area contributed by atoms with Gasteiger partial charge in [-0.3, -0.25) is 14.4 Å². The number of benzene rings is 3. The number of carbonyl (C=O) groups excluding carboxylic acids is 1. The van der Waals surface area contributed by atoms with E-state index in [0.717, 1.165) is 38.3 Å². The molecule has 4 rings (SSSR count). The van der Waals surface area contributed by atoms with Crippen LogP contribution in [0.1, 0.15) is 15.9 Å². The number of aromatic hydroxyl groups is 1. The molecule has 0 aromatic heterocycles. The first-order chi connectivity index (χ1) is 18.8. The van der Waals surface area contributed by atoms with Crippen LogP contribution in [-0.4, -0.2) is 74.8 Å². The molecule has 3 aromatic rings. The van der Waals surface area contributed by atoms with Crippen LogP contribution < -0.4 is 10.0 Å². The van der Waals surface area contributed by atoms with Gasteiger partial charge in [-0.05, 0) is 55.1 Å².